The second-order valence-electron chi connectivity index (χ2n) is 17.5. The van der Waals surface area contributed by atoms with Crippen LogP contribution in [0.1, 0.15) is 40.1 Å². The second kappa shape index (κ2) is 26.5. The number of fused-ring (bicyclic) bond motifs is 3. The zero-order valence-electron chi connectivity index (χ0n) is 41.8. The maximum Gasteiger partial charge on any atom is 0.308 e. The number of piperazine rings is 1. The Labute approximate surface area is 446 Å². The van der Waals surface area contributed by atoms with Crippen LogP contribution in [0.4, 0.5) is 15.9 Å². The molecule has 2 fully saturated rings. The highest BCUT2D eigenvalue weighted by atomic mass is 79.9. The van der Waals surface area contributed by atoms with Crippen LogP contribution >= 0.6 is 15.9 Å². The van der Waals surface area contributed by atoms with E-state index in [4.69, 9.17) is 32.6 Å². The number of nitrogens with zero attached hydrogens (tertiary/aromatic N) is 4. The molecule has 2 saturated heterocycles. The van der Waals surface area contributed by atoms with Gasteiger partial charge in [-0.3, -0.25) is 28.3 Å². The summed E-state index contributed by atoms with van der Waals surface area (Å²) in [6.07, 6.45) is 2.36. The smallest absolute Gasteiger partial charge is 0.308 e. The first-order valence-electron chi connectivity index (χ1n) is 23.7. The Bertz CT molecular complexity index is 3120. The molecule has 2 N–H and O–H groups in total. The van der Waals surface area contributed by atoms with Crippen LogP contribution in [0, 0.1) is 12.7 Å². The second-order valence-corrected chi connectivity index (χ2v) is 20.0. The molecule has 0 spiro atoms. The van der Waals surface area contributed by atoms with E-state index < -0.39 is 16.1 Å². The van der Waals surface area contributed by atoms with Crippen LogP contribution in [0.5, 0.6) is 34.5 Å². The van der Waals surface area contributed by atoms with Gasteiger partial charge in [0.2, 0.25) is 0 Å². The van der Waals surface area contributed by atoms with Gasteiger partial charge in [0.15, 0.2) is 46.4 Å². The molecular formula is C53H55BrFN5O15S. The number of anilines is 2. The molecule has 0 radical (unpaired) electrons. The van der Waals surface area contributed by atoms with Crippen LogP contribution in [-0.2, 0) is 33.4 Å². The minimum absolute atomic E-state index is 0.00269. The maximum absolute atomic E-state index is 14.5. The van der Waals surface area contributed by atoms with Crippen LogP contribution in [0.2, 0.25) is 0 Å². The lowest BCUT2D eigenvalue weighted by Gasteiger charge is -2.36. The van der Waals surface area contributed by atoms with Crippen LogP contribution in [0.15, 0.2) is 107 Å². The van der Waals surface area contributed by atoms with Crippen LogP contribution in [0.25, 0.3) is 10.9 Å². The Morgan fingerprint density at radius 1 is 0.803 bits per heavy atom. The number of ether oxygens (including phenoxy) is 7. The molecule has 0 saturated carbocycles. The Kier molecular flexibility index (Phi) is 19.7. The average molecular weight is 1130 g/mol. The molecular weight excluding hydrogens is 1080 g/mol. The third kappa shape index (κ3) is 16.4. The third-order valence-corrected chi connectivity index (χ3v) is 13.4. The van der Waals surface area contributed by atoms with Crippen molar-refractivity contribution in [3.05, 3.63) is 124 Å². The third-order valence-electron chi connectivity index (χ3n) is 11.5. The van der Waals surface area contributed by atoms with Gasteiger partial charge in [0.1, 0.15) is 56.7 Å². The van der Waals surface area contributed by atoms with E-state index in [2.05, 4.69) is 52.8 Å². The highest BCUT2D eigenvalue weighted by Crippen LogP contribution is 2.38. The summed E-state index contributed by atoms with van der Waals surface area (Å²) in [7, 11) is -1.47. The van der Waals surface area contributed by atoms with E-state index in [1.165, 1.54) is 38.4 Å². The van der Waals surface area contributed by atoms with E-state index >= 15 is 0 Å². The fraction of sp³-hybridized carbons (Fsp3) is 0.321. The minimum Gasteiger partial charge on any atom is -0.504 e. The number of epoxide rings is 1. The zero-order valence-corrected chi connectivity index (χ0v) is 44.2. The van der Waals surface area contributed by atoms with Crippen molar-refractivity contribution in [2.45, 2.75) is 44.0 Å². The lowest BCUT2D eigenvalue weighted by atomic mass is 10.1. The lowest BCUT2D eigenvalue weighted by Crippen LogP contribution is -2.49. The van der Waals surface area contributed by atoms with Gasteiger partial charge in [0.05, 0.1) is 33.8 Å². The molecule has 5 aromatic carbocycles. The molecule has 6 aromatic rings. The number of esters is 2. The molecule has 4 aliphatic heterocycles. The number of carbonyl (C=O) groups is 4. The Balaban J connectivity index is 0.000000159. The summed E-state index contributed by atoms with van der Waals surface area (Å²) in [6.45, 7) is 11.1. The summed E-state index contributed by atoms with van der Waals surface area (Å²) in [5.74, 6) is 1.48. The molecule has 4 aliphatic rings. The highest BCUT2D eigenvalue weighted by molar-refractivity contribution is 9.10. The topological polar surface area (TPSA) is 244 Å². The standard InChI is InChI=1S/C22H23BrFN5O2.C12H12O5.C10H12O4S.C9H8O4/c1-28-5-7-29(8-6-28)11-14-12-30-19-10-18-15(9-20(19)31-14)22(26-13-25-18)27-17-4-2-3-16(23)21(17)24;1-8(14)15-6-10-7-16-11-3-2-9(5-13)4-12(11)17-10;1-8-2-4-10(5-3-8)15(11,12)14-7-9-6-13-9;1-6(11)13-9-4-7(5-10)2-3-8(9)12/h2-4,9-10,13-14H,5-8,11-12H2,1H3,(H,25,26,27);2-5,10H,6-7H2,1H3;2-5,9H,6-7H2,1H3;2-5,12H,1H3/t14-;10-;9-;/m001./s1. The molecule has 20 nitrogen and oxygen atoms in total. The quantitative estimate of drug-likeness (QED) is 0.0385. The maximum atomic E-state index is 14.5. The van der Waals surface area contributed by atoms with E-state index in [0.29, 0.717) is 81.7 Å². The molecule has 3 atom stereocenters. The van der Waals surface area contributed by atoms with Gasteiger partial charge in [-0.2, -0.15) is 8.42 Å². The van der Waals surface area contributed by atoms with Gasteiger partial charge in [-0.15, -0.1) is 0 Å². The molecule has 23 heteroatoms. The van der Waals surface area contributed by atoms with Gasteiger partial charge >= 0.3 is 11.9 Å². The lowest BCUT2D eigenvalue weighted by molar-refractivity contribution is -0.144. The number of aromatic nitrogens is 2. The van der Waals surface area contributed by atoms with Gasteiger partial charge in [-0.25, -0.2) is 14.4 Å². The number of carbonyl (C=O) groups excluding carboxylic acids is 4. The Hall–Kier alpha value is -7.28. The van der Waals surface area contributed by atoms with Gasteiger partial charge in [-0.05, 0) is 96.6 Å². The summed E-state index contributed by atoms with van der Waals surface area (Å²) < 4.78 is 80.5. The Morgan fingerprint density at radius 2 is 1.47 bits per heavy atom. The van der Waals surface area contributed by atoms with Crippen molar-refractivity contribution in [1.29, 1.82) is 0 Å². The number of nitrogens with one attached hydrogen (secondary N) is 1. The summed E-state index contributed by atoms with van der Waals surface area (Å²) >= 11 is 3.22. The van der Waals surface area contributed by atoms with Crippen molar-refractivity contribution in [1.82, 2.24) is 19.8 Å². The van der Waals surface area contributed by atoms with E-state index in [9.17, 15) is 37.1 Å². The fourth-order valence-corrected chi connectivity index (χ4v) is 8.65. The highest BCUT2D eigenvalue weighted by Gasteiger charge is 2.28. The predicted octanol–water partition coefficient (Wildman–Crippen LogP) is 7.09. The van der Waals surface area contributed by atoms with Gasteiger partial charge in [0, 0.05) is 69.2 Å². The van der Waals surface area contributed by atoms with Gasteiger partial charge in [-0.1, -0.05) is 23.8 Å². The molecule has 0 amide bonds. The number of aldehydes is 2. The van der Waals surface area contributed by atoms with Crippen molar-refractivity contribution in [3.8, 4) is 34.5 Å². The fourth-order valence-electron chi connectivity index (χ4n) is 7.34. The number of aromatic hydroxyl groups is 1. The number of rotatable bonds is 13. The van der Waals surface area contributed by atoms with Gasteiger partial charge in [0.25, 0.3) is 10.1 Å². The number of phenolic OH excluding ortho intramolecular Hbond substituents is 1. The molecule has 76 heavy (non-hydrogen) atoms. The average Bonchev–Trinajstić information content (AvgIpc) is 4.25. The number of hydrogen-bond donors (Lipinski definition) is 2. The number of hydrogen-bond acceptors (Lipinski definition) is 20. The van der Waals surface area contributed by atoms with Crippen molar-refractivity contribution < 1.29 is 74.4 Å². The number of phenols is 1. The first-order valence-corrected chi connectivity index (χ1v) is 25.9. The van der Waals surface area contributed by atoms with Crippen molar-refractivity contribution in [3.63, 3.8) is 0 Å². The van der Waals surface area contributed by atoms with E-state index in [1.54, 1.807) is 60.7 Å². The number of benzene rings is 5. The molecule has 0 aliphatic carbocycles. The number of aryl methyl sites for hydroxylation is 1. The molecule has 5 heterocycles. The van der Waals surface area contributed by atoms with Crippen LogP contribution in [0.3, 0.4) is 0 Å². The van der Waals surface area contributed by atoms with Crippen molar-refractivity contribution in [2.24, 2.45) is 0 Å². The molecule has 1 aromatic heterocycles. The molecule has 402 valence electrons. The first kappa shape index (κ1) is 56.4. The summed E-state index contributed by atoms with van der Waals surface area (Å²) in [5, 5.41) is 13.0. The van der Waals surface area contributed by atoms with Crippen LogP contribution < -0.4 is 29.0 Å². The summed E-state index contributed by atoms with van der Waals surface area (Å²) in [4.78, 5) is 55.8. The Morgan fingerprint density at radius 3 is 2.17 bits per heavy atom. The monoisotopic (exact) mass is 1130 g/mol. The number of likely N-dealkylation sites (N-methyl/N-ethyl adjacent to an activating group) is 1. The van der Waals surface area contributed by atoms with Gasteiger partial charge < -0.3 is 48.5 Å². The zero-order chi connectivity index (χ0) is 54.4. The number of halogens is 2. The predicted molar refractivity (Wildman–Crippen MR) is 278 cm³/mol. The van der Waals surface area contributed by atoms with E-state index in [-0.39, 0.29) is 59.7 Å². The van der Waals surface area contributed by atoms with E-state index in [0.717, 1.165) is 50.0 Å². The molecule has 10 rings (SSSR count). The van der Waals surface area contributed by atoms with Crippen molar-refractivity contribution in [2.75, 3.05) is 78.1 Å². The van der Waals surface area contributed by atoms with E-state index in [1.807, 2.05) is 19.1 Å². The normalized spacial score (nSPS) is 17.4. The summed E-state index contributed by atoms with van der Waals surface area (Å²) in [5.41, 5.74) is 2.90. The molecule has 0 unspecified atom stereocenters. The summed E-state index contributed by atoms with van der Waals surface area (Å²) in [6, 6.07) is 24.3. The SMILES string of the molecule is CC(=O)OC[C@H]1COc2ccc(C=O)cc2O1.CC(=O)Oc1cc(C=O)ccc1O.CN1CCN(C[C@H]2COc3cc4ncnc(Nc5cccc(Br)c5F)c4cc3O2)CC1.Cc1ccc(S(=O)(=O)OC[C@H]2CO2)cc1. The largest absolute Gasteiger partial charge is 0.504 e. The first-order chi connectivity index (χ1) is 36.5. The van der Waals surface area contributed by atoms with Crippen LogP contribution in [-0.4, -0.2) is 149 Å². The molecule has 0 bridgehead atoms. The van der Waals surface area contributed by atoms with Crippen molar-refractivity contribution >= 4 is 73.0 Å². The minimum atomic E-state index is -3.61.